The zero-order valence-corrected chi connectivity index (χ0v) is 10.9. The lowest BCUT2D eigenvalue weighted by Gasteiger charge is -2.18. The number of hydrogen-bond donors (Lipinski definition) is 1. The highest BCUT2D eigenvalue weighted by molar-refractivity contribution is 6.29. The highest BCUT2D eigenvalue weighted by atomic mass is 35.5. The molecule has 2 nitrogen and oxygen atoms in total. The predicted molar refractivity (Wildman–Crippen MR) is 70.3 cm³/mol. The van der Waals surface area contributed by atoms with Crippen molar-refractivity contribution < 1.29 is 8.81 Å². The van der Waals surface area contributed by atoms with E-state index in [-0.39, 0.29) is 11.9 Å². The molecular weight excluding hydrogens is 253 g/mol. The van der Waals surface area contributed by atoms with Crippen molar-refractivity contribution in [3.63, 3.8) is 0 Å². The fraction of sp³-hybridized carbons (Fsp3) is 0.286. The van der Waals surface area contributed by atoms with Crippen molar-refractivity contribution in [2.45, 2.75) is 19.4 Å². The Morgan fingerprint density at radius 1 is 1.39 bits per heavy atom. The minimum atomic E-state index is -0.254. The average molecular weight is 268 g/mol. The van der Waals surface area contributed by atoms with Gasteiger partial charge in [0, 0.05) is 5.56 Å². The first-order valence-electron chi connectivity index (χ1n) is 5.94. The molecule has 0 saturated heterocycles. The van der Waals surface area contributed by atoms with E-state index in [2.05, 4.69) is 12.2 Å². The minimum Gasteiger partial charge on any atom is -0.453 e. The van der Waals surface area contributed by atoms with E-state index in [1.54, 1.807) is 12.1 Å². The summed E-state index contributed by atoms with van der Waals surface area (Å²) in [7, 11) is 0. The van der Waals surface area contributed by atoms with Gasteiger partial charge in [0.15, 0.2) is 5.22 Å². The predicted octanol–water partition coefficient (Wildman–Crippen LogP) is 4.16. The molecule has 1 N–H and O–H groups in total. The number of nitrogens with one attached hydrogen (secondary N) is 1. The van der Waals surface area contributed by atoms with E-state index in [1.807, 2.05) is 6.07 Å². The Hall–Kier alpha value is -1.32. The maximum absolute atomic E-state index is 13.3. The number of furan rings is 1. The van der Waals surface area contributed by atoms with Gasteiger partial charge in [-0.3, -0.25) is 0 Å². The highest BCUT2D eigenvalue weighted by Gasteiger charge is 2.18. The van der Waals surface area contributed by atoms with Crippen molar-refractivity contribution in [1.82, 2.24) is 5.32 Å². The van der Waals surface area contributed by atoms with Gasteiger partial charge >= 0.3 is 0 Å². The molecule has 1 heterocycles. The molecule has 2 aromatic rings. The third-order valence-electron chi connectivity index (χ3n) is 2.74. The maximum atomic E-state index is 13.3. The Balaban J connectivity index is 2.33. The van der Waals surface area contributed by atoms with Crippen molar-refractivity contribution in [2.75, 3.05) is 6.54 Å². The molecule has 0 aliphatic rings. The van der Waals surface area contributed by atoms with Gasteiger partial charge in [0.25, 0.3) is 0 Å². The summed E-state index contributed by atoms with van der Waals surface area (Å²) in [6.07, 6.45) is 2.53. The van der Waals surface area contributed by atoms with Gasteiger partial charge in [-0.05, 0) is 48.3 Å². The van der Waals surface area contributed by atoms with Gasteiger partial charge in [-0.25, -0.2) is 4.39 Å². The van der Waals surface area contributed by atoms with Crippen LogP contribution in [0.3, 0.4) is 0 Å². The lowest BCUT2D eigenvalue weighted by Crippen LogP contribution is -2.23. The van der Waals surface area contributed by atoms with Gasteiger partial charge in [0.05, 0.1) is 12.3 Å². The molecule has 0 spiro atoms. The Morgan fingerprint density at radius 2 is 2.22 bits per heavy atom. The second-order valence-electron chi connectivity index (χ2n) is 4.09. The van der Waals surface area contributed by atoms with Crippen LogP contribution in [0.2, 0.25) is 5.22 Å². The molecule has 1 aromatic carbocycles. The summed E-state index contributed by atoms with van der Waals surface area (Å²) < 4.78 is 18.4. The topological polar surface area (TPSA) is 25.2 Å². The van der Waals surface area contributed by atoms with Crippen LogP contribution >= 0.6 is 11.6 Å². The SMILES string of the molecule is CCCNC(c1cccc(F)c1)c1ccoc1Cl. The molecule has 1 unspecified atom stereocenters. The Morgan fingerprint density at radius 3 is 2.83 bits per heavy atom. The zero-order chi connectivity index (χ0) is 13.0. The van der Waals surface area contributed by atoms with Crippen LogP contribution in [0.1, 0.15) is 30.5 Å². The molecule has 1 aromatic heterocycles. The molecule has 96 valence electrons. The fourth-order valence-electron chi connectivity index (χ4n) is 1.89. The summed E-state index contributed by atoms with van der Waals surface area (Å²) in [6.45, 7) is 2.90. The minimum absolute atomic E-state index is 0.146. The average Bonchev–Trinajstić information content (AvgIpc) is 2.77. The fourth-order valence-corrected chi connectivity index (χ4v) is 2.12. The van der Waals surface area contributed by atoms with Crippen molar-refractivity contribution >= 4 is 11.6 Å². The lowest BCUT2D eigenvalue weighted by atomic mass is 10.0. The van der Waals surface area contributed by atoms with Crippen LogP contribution in [0.4, 0.5) is 4.39 Å². The van der Waals surface area contributed by atoms with Crippen molar-refractivity contribution in [2.24, 2.45) is 0 Å². The van der Waals surface area contributed by atoms with Crippen LogP contribution in [0.5, 0.6) is 0 Å². The van der Waals surface area contributed by atoms with E-state index in [0.717, 1.165) is 24.1 Å². The third kappa shape index (κ3) is 2.92. The summed E-state index contributed by atoms with van der Waals surface area (Å²) in [5, 5.41) is 3.69. The Labute approximate surface area is 111 Å². The number of rotatable bonds is 5. The Bertz CT molecular complexity index is 512. The molecule has 0 aliphatic heterocycles. The molecule has 18 heavy (non-hydrogen) atoms. The second kappa shape index (κ2) is 6.03. The first-order valence-corrected chi connectivity index (χ1v) is 6.32. The van der Waals surface area contributed by atoms with E-state index in [9.17, 15) is 4.39 Å². The summed E-state index contributed by atoms with van der Waals surface area (Å²) in [5.41, 5.74) is 1.67. The summed E-state index contributed by atoms with van der Waals surface area (Å²) >= 11 is 6.00. The van der Waals surface area contributed by atoms with E-state index in [0.29, 0.717) is 5.22 Å². The number of halogens is 2. The van der Waals surface area contributed by atoms with Gasteiger partial charge in [0.1, 0.15) is 5.82 Å². The maximum Gasteiger partial charge on any atom is 0.198 e. The van der Waals surface area contributed by atoms with E-state index in [4.69, 9.17) is 16.0 Å². The second-order valence-corrected chi connectivity index (χ2v) is 4.44. The van der Waals surface area contributed by atoms with Crippen molar-refractivity contribution in [1.29, 1.82) is 0 Å². The molecule has 2 rings (SSSR count). The molecule has 0 bridgehead atoms. The molecule has 1 atom stereocenters. The molecular formula is C14H15ClFNO. The van der Waals surface area contributed by atoms with Crippen molar-refractivity contribution in [3.05, 3.63) is 58.8 Å². The standard InChI is InChI=1S/C14H15ClFNO/c1-2-7-17-13(12-6-8-18-14(12)15)10-4-3-5-11(16)9-10/h3-6,8-9,13,17H,2,7H2,1H3. The van der Waals surface area contributed by atoms with Crippen LogP contribution in [0.15, 0.2) is 41.0 Å². The van der Waals surface area contributed by atoms with Gasteiger partial charge in [-0.2, -0.15) is 0 Å². The Kier molecular flexibility index (Phi) is 4.39. The largest absolute Gasteiger partial charge is 0.453 e. The summed E-state index contributed by atoms with van der Waals surface area (Å²) in [4.78, 5) is 0. The zero-order valence-electron chi connectivity index (χ0n) is 10.1. The van der Waals surface area contributed by atoms with Crippen LogP contribution in [-0.4, -0.2) is 6.54 Å². The van der Waals surface area contributed by atoms with Gasteiger partial charge in [-0.15, -0.1) is 0 Å². The molecule has 0 saturated carbocycles. The van der Waals surface area contributed by atoms with E-state index < -0.39 is 0 Å². The first kappa shape index (κ1) is 13.1. The van der Waals surface area contributed by atoms with Crippen LogP contribution in [-0.2, 0) is 0 Å². The summed E-state index contributed by atoms with van der Waals surface area (Å²) in [5.74, 6) is -0.254. The van der Waals surface area contributed by atoms with Crippen LogP contribution < -0.4 is 5.32 Å². The lowest BCUT2D eigenvalue weighted by molar-refractivity contribution is 0.548. The van der Waals surface area contributed by atoms with Gasteiger partial charge in [0.2, 0.25) is 0 Å². The highest BCUT2D eigenvalue weighted by Crippen LogP contribution is 2.29. The van der Waals surface area contributed by atoms with E-state index >= 15 is 0 Å². The normalized spacial score (nSPS) is 12.6. The van der Waals surface area contributed by atoms with Crippen molar-refractivity contribution in [3.8, 4) is 0 Å². The van der Waals surface area contributed by atoms with Gasteiger partial charge < -0.3 is 9.73 Å². The molecule has 0 aliphatic carbocycles. The van der Waals surface area contributed by atoms with E-state index in [1.165, 1.54) is 18.4 Å². The number of hydrogen-bond acceptors (Lipinski definition) is 2. The molecule has 0 fully saturated rings. The van der Waals surface area contributed by atoms with Crippen LogP contribution in [0, 0.1) is 5.82 Å². The monoisotopic (exact) mass is 267 g/mol. The van der Waals surface area contributed by atoms with Gasteiger partial charge in [-0.1, -0.05) is 19.1 Å². The summed E-state index contributed by atoms with van der Waals surface area (Å²) in [6, 6.07) is 8.17. The molecule has 0 radical (unpaired) electrons. The number of benzene rings is 1. The molecule has 0 amide bonds. The van der Waals surface area contributed by atoms with Crippen LogP contribution in [0.25, 0.3) is 0 Å². The smallest absolute Gasteiger partial charge is 0.198 e. The quantitative estimate of drug-likeness (QED) is 0.880. The first-order chi connectivity index (χ1) is 8.72. The molecule has 4 heteroatoms. The third-order valence-corrected chi connectivity index (χ3v) is 3.04.